The standard InChI is InChI=1S/C9H8BF3N3/c11-10(12,13)9-7-16(15-14-9)6-8-4-2-1-3-5-8/h1-5,7H,6H2/q-1. The van der Waals surface area contributed by atoms with Crippen LogP contribution in [-0.2, 0) is 6.54 Å². The molecule has 2 rings (SSSR count). The molecule has 0 aliphatic rings. The van der Waals surface area contributed by atoms with Crippen molar-refractivity contribution >= 4 is 12.6 Å². The Balaban J connectivity index is 2.15. The molecule has 0 radical (unpaired) electrons. The first kappa shape index (κ1) is 10.7. The average molecular weight is 226 g/mol. The van der Waals surface area contributed by atoms with Crippen LogP contribution < -0.4 is 5.59 Å². The second kappa shape index (κ2) is 4.00. The summed E-state index contributed by atoms with van der Waals surface area (Å²) < 4.78 is 38.0. The van der Waals surface area contributed by atoms with Gasteiger partial charge >= 0.3 is 6.98 Å². The molecule has 1 aromatic carbocycles. The minimum Gasteiger partial charge on any atom is -0.444 e. The van der Waals surface area contributed by atoms with Crippen LogP contribution in [0.4, 0.5) is 12.9 Å². The van der Waals surface area contributed by atoms with Crippen molar-refractivity contribution in [3.63, 3.8) is 0 Å². The smallest absolute Gasteiger partial charge is 0.444 e. The molecule has 0 spiro atoms. The molecule has 2 aromatic rings. The van der Waals surface area contributed by atoms with Crippen molar-refractivity contribution in [1.82, 2.24) is 15.0 Å². The van der Waals surface area contributed by atoms with E-state index in [2.05, 4.69) is 10.3 Å². The molecular weight excluding hydrogens is 218 g/mol. The fourth-order valence-electron chi connectivity index (χ4n) is 1.31. The Morgan fingerprint density at radius 1 is 1.12 bits per heavy atom. The highest BCUT2D eigenvalue weighted by Crippen LogP contribution is 2.07. The fourth-order valence-corrected chi connectivity index (χ4v) is 1.31. The molecule has 84 valence electrons. The van der Waals surface area contributed by atoms with Gasteiger partial charge in [-0.1, -0.05) is 35.5 Å². The summed E-state index contributed by atoms with van der Waals surface area (Å²) in [5, 5.41) is 6.54. The minimum atomic E-state index is -5.06. The summed E-state index contributed by atoms with van der Waals surface area (Å²) in [7, 11) is 0. The topological polar surface area (TPSA) is 30.7 Å². The van der Waals surface area contributed by atoms with E-state index in [4.69, 9.17) is 0 Å². The maximum absolute atomic E-state index is 12.3. The predicted octanol–water partition coefficient (Wildman–Crippen LogP) is 1.38. The Labute approximate surface area is 90.0 Å². The summed E-state index contributed by atoms with van der Waals surface area (Å²) in [5.74, 6) is 0. The number of aromatic nitrogens is 3. The zero-order valence-corrected chi connectivity index (χ0v) is 8.22. The zero-order chi connectivity index (χ0) is 11.6. The normalized spacial score (nSPS) is 11.7. The van der Waals surface area contributed by atoms with E-state index in [1.165, 1.54) is 4.68 Å². The van der Waals surface area contributed by atoms with Gasteiger partial charge in [-0.2, -0.15) is 5.10 Å². The SMILES string of the molecule is F[B-](F)(F)c1cn(Cc2ccccc2)nn1. The van der Waals surface area contributed by atoms with Crippen LogP contribution in [0.25, 0.3) is 0 Å². The summed E-state index contributed by atoms with van der Waals surface area (Å²) in [6, 6.07) is 9.12. The van der Waals surface area contributed by atoms with Gasteiger partial charge < -0.3 is 12.9 Å². The summed E-state index contributed by atoms with van der Waals surface area (Å²) in [4.78, 5) is 0. The first-order valence-electron chi connectivity index (χ1n) is 4.69. The second-order valence-corrected chi connectivity index (χ2v) is 3.40. The number of rotatable bonds is 3. The van der Waals surface area contributed by atoms with E-state index in [9.17, 15) is 12.9 Å². The molecule has 0 aliphatic heterocycles. The van der Waals surface area contributed by atoms with Gasteiger partial charge in [0.05, 0.1) is 6.54 Å². The molecule has 0 saturated heterocycles. The third-order valence-electron chi connectivity index (χ3n) is 2.08. The molecule has 0 fully saturated rings. The van der Waals surface area contributed by atoms with Crippen LogP contribution in [0.3, 0.4) is 0 Å². The van der Waals surface area contributed by atoms with Gasteiger partial charge in [-0.25, -0.2) is 0 Å². The Morgan fingerprint density at radius 3 is 2.38 bits per heavy atom. The maximum atomic E-state index is 12.3. The van der Waals surface area contributed by atoms with Gasteiger partial charge in [0.1, 0.15) is 0 Å². The maximum Gasteiger partial charge on any atom is 0.531 e. The Kier molecular flexibility index (Phi) is 2.68. The minimum absolute atomic E-state index is 0.292. The molecule has 0 saturated carbocycles. The Morgan fingerprint density at radius 2 is 1.81 bits per heavy atom. The first-order chi connectivity index (χ1) is 7.55. The lowest BCUT2D eigenvalue weighted by Gasteiger charge is -2.08. The van der Waals surface area contributed by atoms with Gasteiger partial charge in [0, 0.05) is 11.8 Å². The molecule has 3 nitrogen and oxygen atoms in total. The molecule has 0 bridgehead atoms. The van der Waals surface area contributed by atoms with E-state index < -0.39 is 12.6 Å². The van der Waals surface area contributed by atoms with Crippen molar-refractivity contribution in [2.24, 2.45) is 0 Å². The number of nitrogens with zero attached hydrogens (tertiary/aromatic N) is 3. The van der Waals surface area contributed by atoms with Gasteiger partial charge in [0.25, 0.3) is 0 Å². The molecule has 0 unspecified atom stereocenters. The molecule has 0 N–H and O–H groups in total. The van der Waals surface area contributed by atoms with Gasteiger partial charge in [-0.3, -0.25) is 4.68 Å². The predicted molar refractivity (Wildman–Crippen MR) is 54.3 cm³/mol. The highest BCUT2D eigenvalue weighted by atomic mass is 19.4. The fraction of sp³-hybridized carbons (Fsp3) is 0.111. The largest absolute Gasteiger partial charge is 0.531 e. The second-order valence-electron chi connectivity index (χ2n) is 3.40. The lowest BCUT2D eigenvalue weighted by molar-refractivity contribution is 0.498. The van der Waals surface area contributed by atoms with E-state index >= 15 is 0 Å². The molecule has 0 atom stereocenters. The third-order valence-corrected chi connectivity index (χ3v) is 2.08. The molecule has 0 amide bonds. The van der Waals surface area contributed by atoms with Crippen LogP contribution >= 0.6 is 0 Å². The van der Waals surface area contributed by atoms with Crippen molar-refractivity contribution in [2.45, 2.75) is 6.54 Å². The van der Waals surface area contributed by atoms with Crippen molar-refractivity contribution in [3.8, 4) is 0 Å². The van der Waals surface area contributed by atoms with Crippen LogP contribution in [-0.4, -0.2) is 22.0 Å². The zero-order valence-electron chi connectivity index (χ0n) is 8.22. The van der Waals surface area contributed by atoms with Crippen molar-refractivity contribution in [2.75, 3.05) is 0 Å². The van der Waals surface area contributed by atoms with Crippen LogP contribution in [0.15, 0.2) is 36.5 Å². The number of hydrogen-bond acceptors (Lipinski definition) is 2. The summed E-state index contributed by atoms with van der Waals surface area (Å²) in [6.07, 6.45) is 0.924. The van der Waals surface area contributed by atoms with Crippen molar-refractivity contribution in [1.29, 1.82) is 0 Å². The summed E-state index contributed by atoms with van der Waals surface area (Å²) in [5.41, 5.74) is -0.0236. The lowest BCUT2D eigenvalue weighted by atomic mass is 9.87. The molecule has 0 aliphatic carbocycles. The van der Waals surface area contributed by atoms with Crippen LogP contribution in [0.5, 0.6) is 0 Å². The number of benzene rings is 1. The van der Waals surface area contributed by atoms with Crippen LogP contribution in [0, 0.1) is 0 Å². The monoisotopic (exact) mass is 226 g/mol. The molecule has 1 aromatic heterocycles. The highest BCUT2D eigenvalue weighted by molar-refractivity contribution is 6.72. The van der Waals surface area contributed by atoms with E-state index in [1.807, 2.05) is 30.3 Å². The molecule has 1 heterocycles. The van der Waals surface area contributed by atoms with Gasteiger partial charge in [-0.05, 0) is 5.56 Å². The highest BCUT2D eigenvalue weighted by Gasteiger charge is 2.29. The third kappa shape index (κ3) is 2.42. The quantitative estimate of drug-likeness (QED) is 0.740. The summed E-state index contributed by atoms with van der Waals surface area (Å²) >= 11 is 0. The van der Waals surface area contributed by atoms with Gasteiger partial charge in [-0.15, -0.1) is 0 Å². The Hall–Kier alpha value is -1.79. The van der Waals surface area contributed by atoms with E-state index in [1.54, 1.807) is 0 Å². The molecule has 16 heavy (non-hydrogen) atoms. The number of hydrogen-bond donors (Lipinski definition) is 0. The van der Waals surface area contributed by atoms with Gasteiger partial charge in [0.15, 0.2) is 0 Å². The average Bonchev–Trinajstić information content (AvgIpc) is 2.67. The van der Waals surface area contributed by atoms with E-state index in [0.29, 0.717) is 6.54 Å². The number of halogens is 3. The molecular formula is C9H8BF3N3-. The van der Waals surface area contributed by atoms with E-state index in [0.717, 1.165) is 11.8 Å². The van der Waals surface area contributed by atoms with Crippen molar-refractivity contribution < 1.29 is 12.9 Å². The van der Waals surface area contributed by atoms with Crippen LogP contribution in [0.1, 0.15) is 5.56 Å². The summed E-state index contributed by atoms with van der Waals surface area (Å²) in [6.45, 7) is -4.77. The Bertz CT molecular complexity index is 466. The first-order valence-corrected chi connectivity index (χ1v) is 4.69. The van der Waals surface area contributed by atoms with Crippen LogP contribution in [0.2, 0.25) is 0 Å². The van der Waals surface area contributed by atoms with Gasteiger partial charge in [0.2, 0.25) is 0 Å². The van der Waals surface area contributed by atoms with E-state index in [-0.39, 0.29) is 0 Å². The van der Waals surface area contributed by atoms with Crippen molar-refractivity contribution in [3.05, 3.63) is 42.1 Å². The molecule has 7 heteroatoms. The lowest BCUT2D eigenvalue weighted by Crippen LogP contribution is -2.35.